The van der Waals surface area contributed by atoms with Gasteiger partial charge in [0.15, 0.2) is 10.6 Å². The van der Waals surface area contributed by atoms with Crippen molar-refractivity contribution in [2.45, 2.75) is 46.6 Å². The number of thiophene rings is 1. The Kier molecular flexibility index (Phi) is 3.82. The lowest BCUT2D eigenvalue weighted by Gasteiger charge is -2.19. The fraction of sp³-hybridized carbons (Fsp3) is 0.600. The molecule has 1 N–H and O–H groups in total. The zero-order valence-corrected chi connectivity index (χ0v) is 13.9. The molecule has 0 saturated carbocycles. The van der Waals surface area contributed by atoms with Crippen molar-refractivity contribution in [2.24, 2.45) is 11.8 Å². The fourth-order valence-electron chi connectivity index (χ4n) is 2.92. The Labute approximate surface area is 129 Å². The molecule has 0 aliphatic heterocycles. The highest BCUT2D eigenvalue weighted by Gasteiger charge is 2.23. The summed E-state index contributed by atoms with van der Waals surface area (Å²) in [4.78, 5) is 1.55. The van der Waals surface area contributed by atoms with Gasteiger partial charge in [0.2, 0.25) is 0 Å². The highest BCUT2D eigenvalue weighted by molar-refractivity contribution is 7.71. The molecule has 2 heterocycles. The number of rotatable bonds is 3. The Morgan fingerprint density at radius 2 is 2.35 bits per heavy atom. The van der Waals surface area contributed by atoms with Gasteiger partial charge in [0.05, 0.1) is 0 Å². The molecule has 1 aliphatic rings. The molecule has 108 valence electrons. The molecule has 20 heavy (non-hydrogen) atoms. The molecule has 0 amide bonds. The van der Waals surface area contributed by atoms with E-state index in [1.54, 1.807) is 4.88 Å². The van der Waals surface area contributed by atoms with Crippen molar-refractivity contribution >= 4 is 23.6 Å². The Morgan fingerprint density at radius 3 is 3.10 bits per heavy atom. The maximum Gasteiger partial charge on any atom is 0.195 e. The van der Waals surface area contributed by atoms with E-state index in [2.05, 4.69) is 40.9 Å². The third kappa shape index (κ3) is 2.49. The Balaban J connectivity index is 2.04. The minimum atomic E-state index is 0.563. The van der Waals surface area contributed by atoms with Crippen LogP contribution in [0.4, 0.5) is 0 Å². The van der Waals surface area contributed by atoms with Crippen LogP contribution in [-0.2, 0) is 19.4 Å². The molecule has 1 atom stereocenters. The highest BCUT2D eigenvalue weighted by atomic mass is 32.1. The molecular formula is C15H21N3S2. The first-order valence-corrected chi connectivity index (χ1v) is 8.60. The largest absolute Gasteiger partial charge is 0.300 e. The van der Waals surface area contributed by atoms with E-state index in [1.807, 2.05) is 11.3 Å². The van der Waals surface area contributed by atoms with Crippen LogP contribution in [-0.4, -0.2) is 14.8 Å². The molecule has 3 rings (SSSR count). The summed E-state index contributed by atoms with van der Waals surface area (Å²) in [5.74, 6) is 2.40. The average Bonchev–Trinajstić information content (AvgIpc) is 2.93. The number of nitrogens with one attached hydrogen (secondary N) is 1. The molecule has 5 heteroatoms. The average molecular weight is 307 g/mol. The molecule has 1 aliphatic carbocycles. The summed E-state index contributed by atoms with van der Waals surface area (Å²) >= 11 is 7.27. The van der Waals surface area contributed by atoms with Crippen LogP contribution in [0.25, 0.3) is 11.4 Å². The molecule has 0 saturated heterocycles. The van der Waals surface area contributed by atoms with E-state index in [0.29, 0.717) is 5.92 Å². The first-order chi connectivity index (χ1) is 9.56. The number of aromatic amines is 1. The van der Waals surface area contributed by atoms with E-state index in [4.69, 9.17) is 12.2 Å². The fourth-order valence-corrected chi connectivity index (χ4v) is 4.37. The van der Waals surface area contributed by atoms with Gasteiger partial charge in [-0.1, -0.05) is 20.8 Å². The van der Waals surface area contributed by atoms with Crippen molar-refractivity contribution in [2.75, 3.05) is 0 Å². The van der Waals surface area contributed by atoms with Gasteiger partial charge in [-0.2, -0.15) is 5.10 Å². The molecule has 0 bridgehead atoms. The highest BCUT2D eigenvalue weighted by Crippen LogP contribution is 2.37. The second kappa shape index (κ2) is 5.45. The van der Waals surface area contributed by atoms with Crippen molar-refractivity contribution in [3.05, 3.63) is 20.6 Å². The van der Waals surface area contributed by atoms with Gasteiger partial charge in [0.1, 0.15) is 0 Å². The predicted octanol–water partition coefficient (Wildman–Crippen LogP) is 4.45. The van der Waals surface area contributed by atoms with Crippen molar-refractivity contribution in [3.8, 4) is 11.4 Å². The molecule has 2 aromatic heterocycles. The van der Waals surface area contributed by atoms with Gasteiger partial charge >= 0.3 is 0 Å². The Morgan fingerprint density at radius 1 is 1.55 bits per heavy atom. The minimum Gasteiger partial charge on any atom is -0.300 e. The van der Waals surface area contributed by atoms with Crippen LogP contribution in [0.15, 0.2) is 5.38 Å². The zero-order chi connectivity index (χ0) is 14.3. The summed E-state index contributed by atoms with van der Waals surface area (Å²) in [5, 5.41) is 9.73. The van der Waals surface area contributed by atoms with Gasteiger partial charge < -0.3 is 0 Å². The van der Waals surface area contributed by atoms with E-state index < -0.39 is 0 Å². The number of hydrogen-bond donors (Lipinski definition) is 1. The van der Waals surface area contributed by atoms with Crippen LogP contribution < -0.4 is 0 Å². The second-order valence-corrected chi connectivity index (χ2v) is 7.61. The summed E-state index contributed by atoms with van der Waals surface area (Å²) < 4.78 is 2.89. The number of aromatic nitrogens is 3. The normalized spacial score (nSPS) is 18.5. The van der Waals surface area contributed by atoms with E-state index in [-0.39, 0.29) is 0 Å². The molecule has 0 spiro atoms. The van der Waals surface area contributed by atoms with Crippen molar-refractivity contribution in [1.82, 2.24) is 14.8 Å². The van der Waals surface area contributed by atoms with Gasteiger partial charge in [-0.15, -0.1) is 11.3 Å². The summed E-state index contributed by atoms with van der Waals surface area (Å²) in [5.41, 5.74) is 2.80. The molecule has 0 aromatic carbocycles. The Hall–Kier alpha value is -0.940. The van der Waals surface area contributed by atoms with Crippen LogP contribution >= 0.6 is 23.6 Å². The summed E-state index contributed by atoms with van der Waals surface area (Å²) in [6, 6.07) is 0. The first kappa shape index (κ1) is 14.0. The second-order valence-electron chi connectivity index (χ2n) is 6.26. The lowest BCUT2D eigenvalue weighted by Crippen LogP contribution is -2.11. The molecule has 0 fully saturated rings. The summed E-state index contributed by atoms with van der Waals surface area (Å²) in [7, 11) is 0. The summed E-state index contributed by atoms with van der Waals surface area (Å²) in [6.07, 6.45) is 3.68. The van der Waals surface area contributed by atoms with Gasteiger partial charge in [-0.25, -0.2) is 0 Å². The first-order valence-electron chi connectivity index (χ1n) is 7.31. The summed E-state index contributed by atoms with van der Waals surface area (Å²) in [6.45, 7) is 7.69. The smallest absolute Gasteiger partial charge is 0.195 e. The van der Waals surface area contributed by atoms with E-state index in [1.165, 1.54) is 30.4 Å². The lowest BCUT2D eigenvalue weighted by atomic mass is 9.88. The predicted molar refractivity (Wildman–Crippen MR) is 86.8 cm³/mol. The molecule has 3 nitrogen and oxygen atoms in total. The van der Waals surface area contributed by atoms with Crippen LogP contribution in [0.2, 0.25) is 0 Å². The Bertz CT molecular complexity index is 663. The number of H-pyrrole nitrogens is 1. The lowest BCUT2D eigenvalue weighted by molar-refractivity contribution is 0.506. The van der Waals surface area contributed by atoms with Gasteiger partial charge in [-0.3, -0.25) is 9.67 Å². The molecule has 0 radical (unpaired) electrons. The third-order valence-electron chi connectivity index (χ3n) is 3.95. The van der Waals surface area contributed by atoms with Gasteiger partial charge in [0, 0.05) is 22.4 Å². The van der Waals surface area contributed by atoms with Crippen LogP contribution in [0, 0.1) is 16.6 Å². The van der Waals surface area contributed by atoms with Crippen molar-refractivity contribution in [1.29, 1.82) is 0 Å². The van der Waals surface area contributed by atoms with E-state index in [9.17, 15) is 0 Å². The van der Waals surface area contributed by atoms with Crippen LogP contribution in [0.5, 0.6) is 0 Å². The quantitative estimate of drug-likeness (QED) is 0.850. The topological polar surface area (TPSA) is 33.6 Å². The van der Waals surface area contributed by atoms with Crippen LogP contribution in [0.1, 0.15) is 37.6 Å². The molecular weight excluding hydrogens is 286 g/mol. The number of fused-ring (bicyclic) bond motifs is 1. The van der Waals surface area contributed by atoms with Crippen molar-refractivity contribution < 1.29 is 0 Å². The molecule has 0 unspecified atom stereocenters. The van der Waals surface area contributed by atoms with Gasteiger partial charge in [-0.05, 0) is 48.9 Å². The number of hydrogen-bond acceptors (Lipinski definition) is 3. The SMILES string of the molecule is CC(C)Cn1c(-c2csc3c2CC[C@H](C)C3)n[nH]c1=S. The maximum atomic E-state index is 5.39. The monoisotopic (exact) mass is 307 g/mol. The number of nitrogens with zero attached hydrogens (tertiary/aromatic N) is 2. The molecule has 2 aromatic rings. The van der Waals surface area contributed by atoms with E-state index in [0.717, 1.165) is 23.1 Å². The third-order valence-corrected chi connectivity index (χ3v) is 5.31. The minimum absolute atomic E-state index is 0.563. The standard InChI is InChI=1S/C15H21N3S2/c1-9(2)7-18-14(16-17-15(18)19)12-8-20-13-6-10(3)4-5-11(12)13/h8-10H,4-7H2,1-3H3,(H,17,19)/t10-/m0/s1. The van der Waals surface area contributed by atoms with Crippen molar-refractivity contribution in [3.63, 3.8) is 0 Å². The maximum absolute atomic E-state index is 5.39. The zero-order valence-electron chi connectivity index (χ0n) is 12.3. The van der Waals surface area contributed by atoms with Gasteiger partial charge in [0.25, 0.3) is 0 Å². The van der Waals surface area contributed by atoms with E-state index >= 15 is 0 Å². The van der Waals surface area contributed by atoms with Crippen LogP contribution in [0.3, 0.4) is 0 Å².